The summed E-state index contributed by atoms with van der Waals surface area (Å²) >= 11 is 0. The second-order valence-electron chi connectivity index (χ2n) is 2.84. The molecule has 0 aromatic carbocycles. The molecule has 1 saturated heterocycles. The zero-order valence-electron chi connectivity index (χ0n) is 8.73. The second kappa shape index (κ2) is 6.32. The molecular weight excluding hydrogens is 172 g/mol. The fourth-order valence-corrected chi connectivity index (χ4v) is 1.31. The maximum absolute atomic E-state index is 9.34. The van der Waals surface area contributed by atoms with Crippen LogP contribution in [0.1, 0.15) is 27.2 Å². The predicted molar refractivity (Wildman–Crippen MR) is 49.3 cm³/mol. The minimum atomic E-state index is -1.00. The van der Waals surface area contributed by atoms with Crippen molar-refractivity contribution in [1.82, 2.24) is 0 Å². The van der Waals surface area contributed by atoms with Gasteiger partial charge in [-0.05, 0) is 6.92 Å². The maximum atomic E-state index is 9.34. The number of hydrogen-bond acceptors (Lipinski definition) is 4. The molecule has 1 rings (SSSR count). The van der Waals surface area contributed by atoms with E-state index in [0.717, 1.165) is 0 Å². The van der Waals surface area contributed by atoms with E-state index < -0.39 is 18.5 Å². The lowest BCUT2D eigenvalue weighted by molar-refractivity contribution is -0.249. The molecule has 4 unspecified atom stereocenters. The molecule has 1 aliphatic rings. The van der Waals surface area contributed by atoms with E-state index >= 15 is 0 Å². The van der Waals surface area contributed by atoms with Gasteiger partial charge in [0.1, 0.15) is 6.10 Å². The van der Waals surface area contributed by atoms with Crippen molar-refractivity contribution in [2.24, 2.45) is 0 Å². The van der Waals surface area contributed by atoms with Crippen molar-refractivity contribution in [1.29, 1.82) is 0 Å². The lowest BCUT2D eigenvalue weighted by Gasteiger charge is -2.34. The minimum Gasteiger partial charge on any atom is -0.390 e. The van der Waals surface area contributed by atoms with Crippen molar-refractivity contribution in [2.75, 3.05) is 7.11 Å². The highest BCUT2D eigenvalue weighted by atomic mass is 16.6. The van der Waals surface area contributed by atoms with Crippen LogP contribution in [-0.2, 0) is 9.47 Å². The summed E-state index contributed by atoms with van der Waals surface area (Å²) in [6.07, 6.45) is -1.83. The Bertz CT molecular complexity index is 117. The standard InChI is InChI=1S/C7H14O4.C2H6/c1-4-3-5(8)6(10-2)7(9)11-4;1-2/h4-9H,3H2,1-2H3;1-2H3. The van der Waals surface area contributed by atoms with Crippen molar-refractivity contribution < 1.29 is 19.7 Å². The Hall–Kier alpha value is -0.160. The van der Waals surface area contributed by atoms with E-state index in [1.54, 1.807) is 6.92 Å². The summed E-state index contributed by atoms with van der Waals surface area (Å²) < 4.78 is 9.87. The third-order valence-corrected chi connectivity index (χ3v) is 1.88. The van der Waals surface area contributed by atoms with Crippen molar-refractivity contribution in [3.8, 4) is 0 Å². The van der Waals surface area contributed by atoms with Crippen LogP contribution in [0.4, 0.5) is 0 Å². The van der Waals surface area contributed by atoms with Crippen LogP contribution in [-0.4, -0.2) is 41.9 Å². The molecule has 1 heterocycles. The van der Waals surface area contributed by atoms with E-state index in [-0.39, 0.29) is 6.10 Å². The molecule has 0 amide bonds. The molecule has 0 aliphatic carbocycles. The Morgan fingerprint density at radius 1 is 1.31 bits per heavy atom. The first-order valence-corrected chi connectivity index (χ1v) is 4.69. The van der Waals surface area contributed by atoms with Crippen LogP contribution >= 0.6 is 0 Å². The number of aliphatic hydroxyl groups is 2. The predicted octanol–water partition coefficient (Wildman–Crippen LogP) is 0.516. The molecule has 0 radical (unpaired) electrons. The van der Waals surface area contributed by atoms with Gasteiger partial charge in [-0.15, -0.1) is 0 Å². The Labute approximate surface area is 79.5 Å². The van der Waals surface area contributed by atoms with Gasteiger partial charge in [-0.25, -0.2) is 0 Å². The quantitative estimate of drug-likeness (QED) is 0.635. The van der Waals surface area contributed by atoms with E-state index in [2.05, 4.69) is 0 Å². The fourth-order valence-electron chi connectivity index (χ4n) is 1.31. The lowest BCUT2D eigenvalue weighted by Crippen LogP contribution is -2.48. The van der Waals surface area contributed by atoms with E-state index in [1.807, 2.05) is 13.8 Å². The Morgan fingerprint density at radius 2 is 1.85 bits per heavy atom. The topological polar surface area (TPSA) is 58.9 Å². The van der Waals surface area contributed by atoms with Gasteiger partial charge >= 0.3 is 0 Å². The highest BCUT2D eigenvalue weighted by Crippen LogP contribution is 2.20. The van der Waals surface area contributed by atoms with Crippen LogP contribution in [0, 0.1) is 0 Å². The molecule has 0 aromatic rings. The Kier molecular flexibility index (Phi) is 6.24. The van der Waals surface area contributed by atoms with Crippen LogP contribution in [0.15, 0.2) is 0 Å². The minimum absolute atomic E-state index is 0.105. The van der Waals surface area contributed by atoms with Gasteiger partial charge in [-0.1, -0.05) is 13.8 Å². The lowest BCUT2D eigenvalue weighted by atomic mass is 10.0. The molecule has 0 saturated carbocycles. The molecule has 4 atom stereocenters. The summed E-state index contributed by atoms with van der Waals surface area (Å²) in [6, 6.07) is 0. The van der Waals surface area contributed by atoms with Gasteiger partial charge in [0.05, 0.1) is 12.2 Å². The summed E-state index contributed by atoms with van der Waals surface area (Å²) in [7, 11) is 1.44. The van der Waals surface area contributed by atoms with Crippen LogP contribution < -0.4 is 0 Å². The molecule has 2 N–H and O–H groups in total. The van der Waals surface area contributed by atoms with Gasteiger partial charge in [0.2, 0.25) is 0 Å². The number of aliphatic hydroxyl groups excluding tert-OH is 2. The Morgan fingerprint density at radius 3 is 2.23 bits per heavy atom. The zero-order chi connectivity index (χ0) is 10.4. The zero-order valence-corrected chi connectivity index (χ0v) is 8.73. The van der Waals surface area contributed by atoms with Gasteiger partial charge in [-0.3, -0.25) is 0 Å². The summed E-state index contributed by atoms with van der Waals surface area (Å²) in [5.74, 6) is 0. The fraction of sp³-hybridized carbons (Fsp3) is 1.00. The van der Waals surface area contributed by atoms with Gasteiger partial charge in [0, 0.05) is 13.5 Å². The number of hydrogen-bond donors (Lipinski definition) is 2. The normalized spacial score (nSPS) is 39.2. The Balaban J connectivity index is 0.000000671. The monoisotopic (exact) mass is 192 g/mol. The van der Waals surface area contributed by atoms with E-state index in [4.69, 9.17) is 9.47 Å². The maximum Gasteiger partial charge on any atom is 0.183 e. The van der Waals surface area contributed by atoms with Gasteiger partial charge in [-0.2, -0.15) is 0 Å². The van der Waals surface area contributed by atoms with Crippen molar-refractivity contribution in [3.63, 3.8) is 0 Å². The van der Waals surface area contributed by atoms with Crippen LogP contribution in [0.5, 0.6) is 0 Å². The largest absolute Gasteiger partial charge is 0.390 e. The smallest absolute Gasteiger partial charge is 0.183 e. The first kappa shape index (κ1) is 12.8. The molecule has 0 bridgehead atoms. The third kappa shape index (κ3) is 3.60. The van der Waals surface area contributed by atoms with E-state index in [1.165, 1.54) is 7.11 Å². The molecule has 13 heavy (non-hydrogen) atoms. The van der Waals surface area contributed by atoms with Crippen LogP contribution in [0.25, 0.3) is 0 Å². The van der Waals surface area contributed by atoms with Crippen LogP contribution in [0.3, 0.4) is 0 Å². The summed E-state index contributed by atoms with van der Waals surface area (Å²) in [4.78, 5) is 0. The summed E-state index contributed by atoms with van der Waals surface area (Å²) in [6.45, 7) is 5.80. The van der Waals surface area contributed by atoms with Gasteiger partial charge in [0.15, 0.2) is 6.29 Å². The number of ether oxygens (including phenoxy) is 2. The van der Waals surface area contributed by atoms with Crippen LogP contribution in [0.2, 0.25) is 0 Å². The van der Waals surface area contributed by atoms with E-state index in [0.29, 0.717) is 6.42 Å². The molecule has 0 spiro atoms. The van der Waals surface area contributed by atoms with Gasteiger partial charge in [0.25, 0.3) is 0 Å². The highest BCUT2D eigenvalue weighted by Gasteiger charge is 2.34. The van der Waals surface area contributed by atoms with Gasteiger partial charge < -0.3 is 19.7 Å². The van der Waals surface area contributed by atoms with Crippen molar-refractivity contribution >= 4 is 0 Å². The molecule has 4 heteroatoms. The SMILES string of the molecule is CC.COC1C(O)CC(C)OC1O. The first-order valence-electron chi connectivity index (χ1n) is 4.69. The molecule has 1 fully saturated rings. The molecular formula is C9H20O4. The molecule has 80 valence electrons. The summed E-state index contributed by atoms with van der Waals surface area (Å²) in [5, 5.41) is 18.5. The number of methoxy groups -OCH3 is 1. The third-order valence-electron chi connectivity index (χ3n) is 1.88. The second-order valence-corrected chi connectivity index (χ2v) is 2.84. The average Bonchev–Trinajstić information content (AvgIpc) is 2.07. The molecule has 4 nitrogen and oxygen atoms in total. The number of rotatable bonds is 1. The molecule has 0 aromatic heterocycles. The highest BCUT2D eigenvalue weighted by molar-refractivity contribution is 4.79. The van der Waals surface area contributed by atoms with Crippen molar-refractivity contribution in [3.05, 3.63) is 0 Å². The summed E-state index contributed by atoms with van der Waals surface area (Å²) in [5.41, 5.74) is 0. The first-order chi connectivity index (χ1) is 6.15. The molecule has 1 aliphatic heterocycles. The van der Waals surface area contributed by atoms with Crippen molar-refractivity contribution in [2.45, 2.75) is 51.8 Å². The van der Waals surface area contributed by atoms with E-state index in [9.17, 15) is 10.2 Å². The average molecular weight is 192 g/mol.